The van der Waals surface area contributed by atoms with Gasteiger partial charge in [0.25, 0.3) is 0 Å². The van der Waals surface area contributed by atoms with Crippen molar-refractivity contribution in [3.8, 4) is 0 Å². The highest BCUT2D eigenvalue weighted by molar-refractivity contribution is 5.50. The normalized spacial score (nSPS) is 17.7. The fourth-order valence-electron chi connectivity index (χ4n) is 2.85. The van der Waals surface area contributed by atoms with Gasteiger partial charge in [-0.05, 0) is 11.1 Å². The third-order valence-electron chi connectivity index (χ3n) is 4.07. The highest BCUT2D eigenvalue weighted by atomic mass is 16.5. The molecule has 1 heterocycles. The molecule has 3 rings (SSSR count). The Morgan fingerprint density at radius 3 is 2.17 bits per heavy atom. The molecule has 1 saturated heterocycles. The summed E-state index contributed by atoms with van der Waals surface area (Å²) in [4.78, 5) is 2.48. The molecule has 0 N–H and O–H groups in total. The van der Waals surface area contributed by atoms with E-state index in [0.29, 0.717) is 6.04 Å². The van der Waals surface area contributed by atoms with E-state index < -0.39 is 0 Å². The van der Waals surface area contributed by atoms with Crippen LogP contribution in [0.1, 0.15) is 17.2 Å². The summed E-state index contributed by atoms with van der Waals surface area (Å²) in [5.41, 5.74) is 2.55. The zero-order valence-electron chi connectivity index (χ0n) is 13.3. The molecule has 23 heavy (non-hydrogen) atoms. The Labute approximate surface area is 138 Å². The van der Waals surface area contributed by atoms with Gasteiger partial charge in [0.2, 0.25) is 0 Å². The minimum atomic E-state index is 0.306. The van der Waals surface area contributed by atoms with E-state index in [1.807, 2.05) is 6.07 Å². The molecule has 2 aromatic carbocycles. The molecule has 118 valence electrons. The molecule has 1 unspecified atom stereocenters. The first-order valence-electron chi connectivity index (χ1n) is 8.20. The lowest BCUT2D eigenvalue weighted by atomic mass is 10.0. The predicted molar refractivity (Wildman–Crippen MR) is 96.2 cm³/mol. The summed E-state index contributed by atoms with van der Waals surface area (Å²) >= 11 is 0. The van der Waals surface area contributed by atoms with Gasteiger partial charge in [0.15, 0.2) is 0 Å². The lowest BCUT2D eigenvalue weighted by molar-refractivity contribution is 0.0253. The van der Waals surface area contributed by atoms with E-state index >= 15 is 0 Å². The monoisotopic (exact) mass is 305 g/mol. The first-order chi connectivity index (χ1) is 11.4. The van der Waals surface area contributed by atoms with Gasteiger partial charge in [-0.3, -0.25) is 4.90 Å². The van der Waals surface area contributed by atoms with Crippen molar-refractivity contribution in [3.05, 3.63) is 90.0 Å². The lowest BCUT2D eigenvalue weighted by Gasteiger charge is -2.33. The van der Waals surface area contributed by atoms with Crippen LogP contribution in [0.4, 0.5) is 0 Å². The maximum absolute atomic E-state index is 5.49. The molecule has 2 heteroatoms. The highest BCUT2D eigenvalue weighted by Gasteiger charge is 2.19. The van der Waals surface area contributed by atoms with Crippen LogP contribution in [-0.2, 0) is 4.74 Å². The van der Waals surface area contributed by atoms with E-state index in [-0.39, 0.29) is 0 Å². The SMILES string of the molecule is C(/C=C/C(c1ccccc1)N1CCOCC1)=C\c1ccccc1. The molecule has 2 nitrogen and oxygen atoms in total. The van der Waals surface area contributed by atoms with Crippen molar-refractivity contribution in [1.29, 1.82) is 0 Å². The van der Waals surface area contributed by atoms with Crippen molar-refractivity contribution in [2.75, 3.05) is 26.3 Å². The molecule has 1 aliphatic rings. The van der Waals surface area contributed by atoms with Gasteiger partial charge in [-0.25, -0.2) is 0 Å². The van der Waals surface area contributed by atoms with E-state index in [1.165, 1.54) is 11.1 Å². The Morgan fingerprint density at radius 1 is 0.826 bits per heavy atom. The number of hydrogen-bond donors (Lipinski definition) is 0. The first kappa shape index (κ1) is 15.7. The molecule has 0 bridgehead atoms. The molecule has 0 amide bonds. The van der Waals surface area contributed by atoms with Gasteiger partial charge in [-0.15, -0.1) is 0 Å². The smallest absolute Gasteiger partial charge is 0.0594 e. The van der Waals surface area contributed by atoms with Crippen LogP contribution in [0.15, 0.2) is 78.9 Å². The highest BCUT2D eigenvalue weighted by Crippen LogP contribution is 2.23. The number of hydrogen-bond acceptors (Lipinski definition) is 2. The maximum atomic E-state index is 5.49. The van der Waals surface area contributed by atoms with E-state index in [1.54, 1.807) is 0 Å². The van der Waals surface area contributed by atoms with Crippen LogP contribution >= 0.6 is 0 Å². The van der Waals surface area contributed by atoms with Crippen molar-refractivity contribution < 1.29 is 4.74 Å². The Kier molecular flexibility index (Phi) is 5.79. The van der Waals surface area contributed by atoms with Crippen LogP contribution in [0.2, 0.25) is 0 Å². The van der Waals surface area contributed by atoms with Gasteiger partial charge in [-0.2, -0.15) is 0 Å². The summed E-state index contributed by atoms with van der Waals surface area (Å²) in [5, 5.41) is 0. The number of benzene rings is 2. The van der Waals surface area contributed by atoms with Crippen molar-refractivity contribution in [2.45, 2.75) is 6.04 Å². The second-order valence-corrected chi connectivity index (χ2v) is 5.66. The molecule has 0 radical (unpaired) electrons. The van der Waals surface area contributed by atoms with Crippen LogP contribution in [0.25, 0.3) is 6.08 Å². The lowest BCUT2D eigenvalue weighted by Crippen LogP contribution is -2.38. The van der Waals surface area contributed by atoms with E-state index in [4.69, 9.17) is 4.74 Å². The fourth-order valence-corrected chi connectivity index (χ4v) is 2.85. The average Bonchev–Trinajstić information content (AvgIpc) is 2.64. The summed E-state index contributed by atoms with van der Waals surface area (Å²) in [7, 11) is 0. The number of rotatable bonds is 5. The van der Waals surface area contributed by atoms with Crippen molar-refractivity contribution in [2.24, 2.45) is 0 Å². The standard InChI is InChI=1S/C21H23NO/c1-3-9-19(10-4-1)11-7-8-14-21(20-12-5-2-6-13-20)22-15-17-23-18-16-22/h1-14,21H,15-18H2/b11-7+,14-8+. The quantitative estimate of drug-likeness (QED) is 0.762. The third kappa shape index (κ3) is 4.65. The minimum Gasteiger partial charge on any atom is -0.379 e. The van der Waals surface area contributed by atoms with Crippen molar-refractivity contribution in [3.63, 3.8) is 0 Å². The first-order valence-corrected chi connectivity index (χ1v) is 8.20. The van der Waals surface area contributed by atoms with Gasteiger partial charge in [0, 0.05) is 13.1 Å². The second kappa shape index (κ2) is 8.47. The molecule has 1 fully saturated rings. The zero-order valence-corrected chi connectivity index (χ0v) is 13.3. The number of nitrogens with zero attached hydrogens (tertiary/aromatic N) is 1. The van der Waals surface area contributed by atoms with Gasteiger partial charge in [0.05, 0.1) is 19.3 Å². The Hall–Kier alpha value is -2.16. The maximum Gasteiger partial charge on any atom is 0.0594 e. The molecule has 1 aliphatic heterocycles. The molecule has 0 saturated carbocycles. The predicted octanol–water partition coefficient (Wildman–Crippen LogP) is 4.33. The molecule has 1 atom stereocenters. The van der Waals surface area contributed by atoms with Crippen LogP contribution in [0.5, 0.6) is 0 Å². The Balaban J connectivity index is 1.73. The molecule has 2 aromatic rings. The summed E-state index contributed by atoms with van der Waals surface area (Å²) < 4.78 is 5.49. The van der Waals surface area contributed by atoms with E-state index in [2.05, 4.69) is 83.8 Å². The molecular weight excluding hydrogens is 282 g/mol. The summed E-state index contributed by atoms with van der Waals surface area (Å²) in [6.45, 7) is 3.59. The number of allylic oxidation sites excluding steroid dienone is 2. The van der Waals surface area contributed by atoms with E-state index in [0.717, 1.165) is 26.3 Å². The fraction of sp³-hybridized carbons (Fsp3) is 0.238. The number of ether oxygens (including phenoxy) is 1. The Morgan fingerprint density at radius 2 is 1.48 bits per heavy atom. The largest absolute Gasteiger partial charge is 0.379 e. The van der Waals surface area contributed by atoms with Gasteiger partial charge in [-0.1, -0.05) is 85.0 Å². The average molecular weight is 305 g/mol. The van der Waals surface area contributed by atoms with Crippen LogP contribution in [-0.4, -0.2) is 31.2 Å². The van der Waals surface area contributed by atoms with Gasteiger partial charge in [0.1, 0.15) is 0 Å². The topological polar surface area (TPSA) is 12.5 Å². The van der Waals surface area contributed by atoms with Crippen LogP contribution in [0.3, 0.4) is 0 Å². The van der Waals surface area contributed by atoms with Gasteiger partial charge >= 0.3 is 0 Å². The summed E-state index contributed by atoms with van der Waals surface area (Å²) in [5.74, 6) is 0. The summed E-state index contributed by atoms with van der Waals surface area (Å²) in [6, 6.07) is 21.4. The Bertz CT molecular complexity index is 627. The molecule has 0 spiro atoms. The van der Waals surface area contributed by atoms with Crippen LogP contribution in [0, 0.1) is 0 Å². The van der Waals surface area contributed by atoms with Crippen molar-refractivity contribution >= 4 is 6.08 Å². The number of morpholine rings is 1. The molecule has 0 aromatic heterocycles. The third-order valence-corrected chi connectivity index (χ3v) is 4.07. The van der Waals surface area contributed by atoms with Gasteiger partial charge < -0.3 is 4.74 Å². The van der Waals surface area contributed by atoms with E-state index in [9.17, 15) is 0 Å². The molecule has 0 aliphatic carbocycles. The minimum absolute atomic E-state index is 0.306. The zero-order chi connectivity index (χ0) is 15.7. The second-order valence-electron chi connectivity index (χ2n) is 5.66. The molecular formula is C21H23NO. The van der Waals surface area contributed by atoms with Crippen molar-refractivity contribution in [1.82, 2.24) is 4.90 Å². The van der Waals surface area contributed by atoms with Crippen LogP contribution < -0.4 is 0 Å². The summed E-state index contributed by atoms with van der Waals surface area (Å²) in [6.07, 6.45) is 8.68.